The Labute approximate surface area is 60.7 Å². The number of sulfonamides is 1. The Morgan fingerprint density at radius 3 is 2.40 bits per heavy atom. The smallest absolute Gasteiger partial charge is 0.227 e. The predicted octanol–water partition coefficient (Wildman–Crippen LogP) is 0.300. The molecule has 0 aromatic heterocycles. The number of halogens is 1. The summed E-state index contributed by atoms with van der Waals surface area (Å²) in [5.41, 5.74) is 0. The minimum absolute atomic E-state index is 0.0343. The Hall–Kier alpha value is -0.160. The molecule has 0 aliphatic rings. The second-order valence-corrected chi connectivity index (χ2v) is 3.80. The van der Waals surface area contributed by atoms with Crippen molar-refractivity contribution in [3.63, 3.8) is 0 Å². The summed E-state index contributed by atoms with van der Waals surface area (Å²) < 4.78 is 35.8. The number of alkyl halides is 1. The molecule has 0 atom stereocenters. The van der Waals surface area contributed by atoms with Crippen molar-refractivity contribution >= 4 is 10.0 Å². The summed E-state index contributed by atoms with van der Waals surface area (Å²) in [7, 11) is -2.01. The van der Waals surface area contributed by atoms with Gasteiger partial charge in [0.25, 0.3) is 0 Å². The van der Waals surface area contributed by atoms with Crippen molar-refractivity contribution in [3.8, 4) is 0 Å². The summed E-state index contributed by atoms with van der Waals surface area (Å²) in [5, 5.41) is 0. The van der Waals surface area contributed by atoms with Crippen LogP contribution in [0.5, 0.6) is 0 Å². The van der Waals surface area contributed by atoms with Crippen molar-refractivity contribution in [2.45, 2.75) is 12.8 Å². The maximum Gasteiger partial charge on any atom is 0.227 e. The highest BCUT2D eigenvalue weighted by Crippen LogP contribution is 1.94. The van der Waals surface area contributed by atoms with Crippen molar-refractivity contribution in [2.24, 2.45) is 0 Å². The molecule has 0 aliphatic heterocycles. The second kappa shape index (κ2) is 4.62. The van der Waals surface area contributed by atoms with Crippen LogP contribution >= 0.6 is 0 Å². The fraction of sp³-hybridized carbons (Fsp3) is 1.00. The van der Waals surface area contributed by atoms with Gasteiger partial charge < -0.3 is 0 Å². The summed E-state index contributed by atoms with van der Waals surface area (Å²) >= 11 is 0. The summed E-state index contributed by atoms with van der Waals surface area (Å²) in [6.45, 7) is -0.459. The van der Waals surface area contributed by atoms with Gasteiger partial charge in [0.05, 0.1) is 12.4 Å². The average molecular weight is 168 g/mol. The van der Waals surface area contributed by atoms with Crippen LogP contribution in [0.4, 0.5) is 4.39 Å². The first kappa shape index (κ1) is 9.84. The second-order valence-electron chi connectivity index (χ2n) is 1.86. The standard InChI is InChI=1S/C5H11FNO2S/c1-7-10(8,9)5-3-2-4-6/h2-5H2,1H3. The van der Waals surface area contributed by atoms with Crippen LogP contribution < -0.4 is 4.72 Å². The normalized spacial score (nSPS) is 11.8. The van der Waals surface area contributed by atoms with Gasteiger partial charge in [-0.3, -0.25) is 4.39 Å². The van der Waals surface area contributed by atoms with E-state index >= 15 is 0 Å². The van der Waals surface area contributed by atoms with Gasteiger partial charge in [0.2, 0.25) is 10.0 Å². The lowest BCUT2D eigenvalue weighted by molar-refractivity contribution is 0.468. The highest BCUT2D eigenvalue weighted by atomic mass is 32.2. The maximum absolute atomic E-state index is 11.4. The first-order chi connectivity index (χ1) is 4.62. The van der Waals surface area contributed by atoms with Gasteiger partial charge in [-0.15, -0.1) is 4.72 Å². The average Bonchev–Trinajstić information content (AvgIpc) is 1.89. The van der Waals surface area contributed by atoms with Crippen molar-refractivity contribution < 1.29 is 12.8 Å². The minimum atomic E-state index is -3.23. The third-order valence-electron chi connectivity index (χ3n) is 1.06. The van der Waals surface area contributed by atoms with Gasteiger partial charge in [0.15, 0.2) is 0 Å². The molecule has 10 heavy (non-hydrogen) atoms. The molecule has 3 nitrogen and oxygen atoms in total. The quantitative estimate of drug-likeness (QED) is 0.554. The molecule has 5 heteroatoms. The Morgan fingerprint density at radius 2 is 2.00 bits per heavy atom. The molecule has 61 valence electrons. The van der Waals surface area contributed by atoms with Crippen molar-refractivity contribution in [1.29, 1.82) is 0 Å². The van der Waals surface area contributed by atoms with Crippen LogP contribution in [-0.2, 0) is 10.0 Å². The number of nitrogens with zero attached hydrogens (tertiary/aromatic N) is 1. The zero-order valence-corrected chi connectivity index (χ0v) is 6.69. The van der Waals surface area contributed by atoms with Gasteiger partial charge in [0, 0.05) is 7.05 Å². The van der Waals surface area contributed by atoms with E-state index in [1.807, 2.05) is 0 Å². The minimum Gasteiger partial charge on any atom is -0.251 e. The van der Waals surface area contributed by atoms with Gasteiger partial charge in [-0.2, -0.15) is 0 Å². The van der Waals surface area contributed by atoms with E-state index in [0.29, 0.717) is 12.8 Å². The van der Waals surface area contributed by atoms with E-state index in [1.54, 1.807) is 0 Å². The third-order valence-corrected chi connectivity index (χ3v) is 2.43. The summed E-state index contributed by atoms with van der Waals surface area (Å²) in [6, 6.07) is 0. The first-order valence-corrected chi connectivity index (χ1v) is 4.63. The van der Waals surface area contributed by atoms with Crippen molar-refractivity contribution in [3.05, 3.63) is 0 Å². The number of rotatable bonds is 5. The monoisotopic (exact) mass is 168 g/mol. The molecule has 0 fully saturated rings. The molecule has 0 aromatic rings. The van der Waals surface area contributed by atoms with Crippen LogP contribution in [0.15, 0.2) is 0 Å². The van der Waals surface area contributed by atoms with Gasteiger partial charge in [-0.05, 0) is 12.8 Å². The van der Waals surface area contributed by atoms with E-state index in [2.05, 4.69) is 4.72 Å². The molecular weight excluding hydrogens is 157 g/mol. The zero-order valence-electron chi connectivity index (χ0n) is 5.88. The van der Waals surface area contributed by atoms with Crippen LogP contribution in [0.25, 0.3) is 0 Å². The largest absolute Gasteiger partial charge is 0.251 e. The van der Waals surface area contributed by atoms with Crippen molar-refractivity contribution in [2.75, 3.05) is 19.5 Å². The molecule has 0 unspecified atom stereocenters. The van der Waals surface area contributed by atoms with Crippen LogP contribution in [0, 0.1) is 0 Å². The molecule has 0 saturated heterocycles. The highest BCUT2D eigenvalue weighted by molar-refractivity contribution is 7.89. The van der Waals surface area contributed by atoms with Gasteiger partial charge in [0.1, 0.15) is 0 Å². The molecule has 0 rings (SSSR count). The van der Waals surface area contributed by atoms with Crippen LogP contribution in [0.2, 0.25) is 0 Å². The highest BCUT2D eigenvalue weighted by Gasteiger charge is 2.06. The molecule has 0 aliphatic carbocycles. The molecule has 0 spiro atoms. The zero-order chi connectivity index (χ0) is 8.04. The lowest BCUT2D eigenvalue weighted by Crippen LogP contribution is -2.15. The molecular formula is C5H11FNO2S. The maximum atomic E-state index is 11.4. The first-order valence-electron chi connectivity index (χ1n) is 3.02. The van der Waals surface area contributed by atoms with E-state index in [1.165, 1.54) is 7.05 Å². The van der Waals surface area contributed by atoms with E-state index in [-0.39, 0.29) is 5.75 Å². The molecule has 0 amide bonds. The lowest BCUT2D eigenvalue weighted by Gasteiger charge is -1.96. The van der Waals surface area contributed by atoms with Crippen molar-refractivity contribution in [1.82, 2.24) is 4.72 Å². The number of hydrogen-bond donors (Lipinski definition) is 0. The molecule has 0 bridgehead atoms. The topological polar surface area (TPSA) is 48.2 Å². The fourth-order valence-corrected chi connectivity index (χ4v) is 1.22. The van der Waals surface area contributed by atoms with Gasteiger partial charge in [-0.1, -0.05) is 0 Å². The van der Waals surface area contributed by atoms with Gasteiger partial charge >= 0.3 is 0 Å². The lowest BCUT2D eigenvalue weighted by atomic mass is 10.4. The van der Waals surface area contributed by atoms with E-state index < -0.39 is 16.7 Å². The van der Waals surface area contributed by atoms with Crippen LogP contribution in [0.3, 0.4) is 0 Å². The van der Waals surface area contributed by atoms with E-state index in [4.69, 9.17) is 0 Å². The SMILES string of the molecule is C[N]S(=O)(=O)CCCCF. The molecule has 1 radical (unpaired) electrons. The number of hydrogen-bond acceptors (Lipinski definition) is 2. The Kier molecular flexibility index (Phi) is 4.55. The molecule has 0 saturated carbocycles. The van der Waals surface area contributed by atoms with Crippen LogP contribution in [-0.4, -0.2) is 27.9 Å². The summed E-state index contributed by atoms with van der Waals surface area (Å²) in [6.07, 6.45) is 0.658. The van der Waals surface area contributed by atoms with Gasteiger partial charge in [-0.25, -0.2) is 8.42 Å². The van der Waals surface area contributed by atoms with E-state index in [9.17, 15) is 12.8 Å². The Morgan fingerprint density at radius 1 is 1.40 bits per heavy atom. The Bertz CT molecular complexity index is 166. The van der Waals surface area contributed by atoms with E-state index in [0.717, 1.165) is 0 Å². The summed E-state index contributed by atoms with van der Waals surface area (Å²) in [4.78, 5) is 0. The molecule has 0 N–H and O–H groups in total. The Balaban J connectivity index is 3.49. The fourth-order valence-electron chi connectivity index (χ4n) is 0.470. The molecule has 0 aromatic carbocycles. The number of unbranched alkanes of at least 4 members (excludes halogenated alkanes) is 1. The molecule has 0 heterocycles. The third kappa shape index (κ3) is 4.69. The van der Waals surface area contributed by atoms with Crippen LogP contribution in [0.1, 0.15) is 12.8 Å². The predicted molar refractivity (Wildman–Crippen MR) is 37.1 cm³/mol. The summed E-state index contributed by atoms with van der Waals surface area (Å²) in [5.74, 6) is -0.0343.